The molecule has 0 nitrogen and oxygen atoms in total. The highest BCUT2D eigenvalue weighted by Gasteiger charge is 2.03. The van der Waals surface area contributed by atoms with Crippen LogP contribution in [0.3, 0.4) is 0 Å². The molecule has 0 radical (unpaired) electrons. The molecule has 0 fully saturated rings. The molecule has 2 aromatic rings. The average molecular weight is 258 g/mol. The van der Waals surface area contributed by atoms with Gasteiger partial charge < -0.3 is 0 Å². The van der Waals surface area contributed by atoms with E-state index >= 15 is 0 Å². The van der Waals surface area contributed by atoms with Crippen LogP contribution in [0.25, 0.3) is 16.3 Å². The van der Waals surface area contributed by atoms with Crippen molar-refractivity contribution in [1.29, 1.82) is 0 Å². The Labute approximate surface area is 120 Å². The monoisotopic (exact) mass is 258 g/mol. The Morgan fingerprint density at radius 2 is 1.60 bits per heavy atom. The molecule has 0 spiro atoms. The molecule has 0 aromatic heterocycles. The fourth-order valence-electron chi connectivity index (χ4n) is 2.21. The Bertz CT molecular complexity index is 706. The van der Waals surface area contributed by atoms with E-state index in [0.717, 1.165) is 11.1 Å². The SMILES string of the molecule is C=CC=C(C=C)C=C(C=C)c1cccc2ccccc12. The first-order chi connectivity index (χ1) is 9.80. The van der Waals surface area contributed by atoms with E-state index in [9.17, 15) is 0 Å². The molecule has 0 saturated heterocycles. The maximum atomic E-state index is 3.94. The van der Waals surface area contributed by atoms with Gasteiger partial charge in [0.15, 0.2) is 0 Å². The van der Waals surface area contributed by atoms with Crippen LogP contribution in [0.4, 0.5) is 0 Å². The van der Waals surface area contributed by atoms with E-state index in [1.54, 1.807) is 6.08 Å². The molecular formula is C20H18. The van der Waals surface area contributed by atoms with E-state index in [0.29, 0.717) is 0 Å². The molecule has 0 atom stereocenters. The van der Waals surface area contributed by atoms with Crippen molar-refractivity contribution in [2.75, 3.05) is 0 Å². The Morgan fingerprint density at radius 1 is 0.850 bits per heavy atom. The molecule has 98 valence electrons. The van der Waals surface area contributed by atoms with Crippen LogP contribution in [-0.2, 0) is 0 Å². The number of hydrogen-bond acceptors (Lipinski definition) is 0. The van der Waals surface area contributed by atoms with Crippen LogP contribution >= 0.6 is 0 Å². The molecule has 0 amide bonds. The minimum atomic E-state index is 1.02. The van der Waals surface area contributed by atoms with Crippen molar-refractivity contribution in [3.05, 3.63) is 104 Å². The van der Waals surface area contributed by atoms with E-state index < -0.39 is 0 Å². The standard InChI is InChI=1S/C20H18/c1-4-10-16(5-2)15-17(6-3)19-14-9-12-18-11-7-8-13-20(18)19/h4-15H,1-3H2. The van der Waals surface area contributed by atoms with Gasteiger partial charge in [0.1, 0.15) is 0 Å². The van der Waals surface area contributed by atoms with Gasteiger partial charge in [-0.3, -0.25) is 0 Å². The average Bonchev–Trinajstić information content (AvgIpc) is 2.51. The zero-order valence-electron chi connectivity index (χ0n) is 11.5. The fraction of sp³-hybridized carbons (Fsp3) is 0. The zero-order valence-corrected chi connectivity index (χ0v) is 11.5. The molecule has 0 N–H and O–H groups in total. The minimum Gasteiger partial charge on any atom is -0.0990 e. The summed E-state index contributed by atoms with van der Waals surface area (Å²) < 4.78 is 0. The lowest BCUT2D eigenvalue weighted by atomic mass is 9.96. The number of fused-ring (bicyclic) bond motifs is 1. The van der Waals surface area contributed by atoms with Gasteiger partial charge in [0.2, 0.25) is 0 Å². The molecule has 0 bridgehead atoms. The topological polar surface area (TPSA) is 0 Å². The second-order valence-corrected chi connectivity index (χ2v) is 4.44. The van der Waals surface area contributed by atoms with Crippen molar-refractivity contribution >= 4 is 16.3 Å². The van der Waals surface area contributed by atoms with Gasteiger partial charge >= 0.3 is 0 Å². The van der Waals surface area contributed by atoms with Gasteiger partial charge in [-0.2, -0.15) is 0 Å². The molecule has 0 aliphatic rings. The van der Waals surface area contributed by atoms with Crippen molar-refractivity contribution in [1.82, 2.24) is 0 Å². The number of allylic oxidation sites excluding steroid dienone is 7. The molecule has 0 aliphatic carbocycles. The zero-order chi connectivity index (χ0) is 14.4. The Balaban J connectivity index is 2.63. The van der Waals surface area contributed by atoms with E-state index in [4.69, 9.17) is 0 Å². The van der Waals surface area contributed by atoms with Gasteiger partial charge in [-0.15, -0.1) is 0 Å². The van der Waals surface area contributed by atoms with Gasteiger partial charge in [-0.25, -0.2) is 0 Å². The second-order valence-electron chi connectivity index (χ2n) is 4.44. The largest absolute Gasteiger partial charge is 0.0990 e. The third-order valence-electron chi connectivity index (χ3n) is 3.19. The van der Waals surface area contributed by atoms with Gasteiger partial charge in [0, 0.05) is 0 Å². The van der Waals surface area contributed by atoms with Gasteiger partial charge in [-0.1, -0.05) is 86.5 Å². The lowest BCUT2D eigenvalue weighted by Gasteiger charge is -2.08. The third-order valence-corrected chi connectivity index (χ3v) is 3.19. The fourth-order valence-corrected chi connectivity index (χ4v) is 2.21. The quantitative estimate of drug-likeness (QED) is 0.603. The van der Waals surface area contributed by atoms with Crippen molar-refractivity contribution in [2.24, 2.45) is 0 Å². The number of benzene rings is 2. The highest BCUT2D eigenvalue weighted by Crippen LogP contribution is 2.26. The summed E-state index contributed by atoms with van der Waals surface area (Å²) in [6, 6.07) is 14.7. The molecular weight excluding hydrogens is 240 g/mol. The maximum Gasteiger partial charge on any atom is -0.0105 e. The summed E-state index contributed by atoms with van der Waals surface area (Å²) in [7, 11) is 0. The highest BCUT2D eigenvalue weighted by molar-refractivity contribution is 5.96. The van der Waals surface area contributed by atoms with Crippen molar-refractivity contribution < 1.29 is 0 Å². The first-order valence-corrected chi connectivity index (χ1v) is 6.57. The van der Waals surface area contributed by atoms with Crippen LogP contribution in [0.2, 0.25) is 0 Å². The lowest BCUT2D eigenvalue weighted by Crippen LogP contribution is -1.85. The Hall–Kier alpha value is -2.60. The molecule has 0 unspecified atom stereocenters. The summed E-state index contributed by atoms with van der Waals surface area (Å²) >= 11 is 0. The molecule has 2 aromatic carbocycles. The minimum absolute atomic E-state index is 1.02. The normalized spacial score (nSPS) is 12.2. The van der Waals surface area contributed by atoms with Crippen LogP contribution in [0.1, 0.15) is 5.56 Å². The van der Waals surface area contributed by atoms with Crippen molar-refractivity contribution in [2.45, 2.75) is 0 Å². The first kappa shape index (κ1) is 13.8. The van der Waals surface area contributed by atoms with Gasteiger partial charge in [0.05, 0.1) is 0 Å². The summed E-state index contributed by atoms with van der Waals surface area (Å²) in [5.41, 5.74) is 3.27. The molecule has 0 heteroatoms. The van der Waals surface area contributed by atoms with E-state index in [1.165, 1.54) is 16.3 Å². The molecule has 0 aliphatic heterocycles. The van der Waals surface area contributed by atoms with Crippen LogP contribution in [-0.4, -0.2) is 0 Å². The summed E-state index contributed by atoms with van der Waals surface area (Å²) in [5, 5.41) is 2.45. The summed E-state index contributed by atoms with van der Waals surface area (Å²) in [4.78, 5) is 0. The Kier molecular flexibility index (Phi) is 4.52. The van der Waals surface area contributed by atoms with Crippen molar-refractivity contribution in [3.63, 3.8) is 0 Å². The predicted molar refractivity (Wildman–Crippen MR) is 90.6 cm³/mol. The number of hydrogen-bond donors (Lipinski definition) is 0. The second kappa shape index (κ2) is 6.53. The molecule has 2 rings (SSSR count). The summed E-state index contributed by atoms with van der Waals surface area (Å²) in [6.07, 6.45) is 9.46. The first-order valence-electron chi connectivity index (χ1n) is 6.57. The van der Waals surface area contributed by atoms with Gasteiger partial charge in [-0.05, 0) is 33.6 Å². The number of rotatable bonds is 5. The lowest BCUT2D eigenvalue weighted by molar-refractivity contribution is 1.64. The predicted octanol–water partition coefficient (Wildman–Crippen LogP) is 5.71. The molecule has 20 heavy (non-hydrogen) atoms. The molecule has 0 saturated carbocycles. The van der Waals surface area contributed by atoms with Crippen LogP contribution in [0, 0.1) is 0 Å². The Morgan fingerprint density at radius 3 is 2.30 bits per heavy atom. The summed E-state index contributed by atoms with van der Waals surface area (Å²) in [5.74, 6) is 0. The summed E-state index contributed by atoms with van der Waals surface area (Å²) in [6.45, 7) is 11.5. The van der Waals surface area contributed by atoms with Crippen LogP contribution in [0.5, 0.6) is 0 Å². The van der Waals surface area contributed by atoms with E-state index in [2.05, 4.69) is 68.3 Å². The maximum absolute atomic E-state index is 3.94. The van der Waals surface area contributed by atoms with Gasteiger partial charge in [0.25, 0.3) is 0 Å². The smallest absolute Gasteiger partial charge is 0.0105 e. The third kappa shape index (κ3) is 2.86. The molecule has 0 heterocycles. The van der Waals surface area contributed by atoms with Crippen LogP contribution in [0.15, 0.2) is 98.2 Å². The van der Waals surface area contributed by atoms with E-state index in [-0.39, 0.29) is 0 Å². The van der Waals surface area contributed by atoms with E-state index in [1.807, 2.05) is 18.2 Å². The van der Waals surface area contributed by atoms with Crippen LogP contribution < -0.4 is 0 Å². The highest BCUT2D eigenvalue weighted by atomic mass is 14.1. The van der Waals surface area contributed by atoms with Crippen molar-refractivity contribution in [3.8, 4) is 0 Å².